The fourth-order valence-electron chi connectivity index (χ4n) is 4.72. The van der Waals surface area contributed by atoms with E-state index in [0.29, 0.717) is 5.56 Å². The lowest BCUT2D eigenvalue weighted by atomic mass is 10.1. The zero-order valence-corrected chi connectivity index (χ0v) is 21.6. The van der Waals surface area contributed by atoms with Crippen LogP contribution in [0, 0.1) is 6.92 Å². The quantitative estimate of drug-likeness (QED) is 0.463. The summed E-state index contributed by atoms with van der Waals surface area (Å²) in [6.07, 6.45) is -0.741. The zero-order chi connectivity index (χ0) is 25.2. The van der Waals surface area contributed by atoms with Crippen LogP contribution in [-0.2, 0) is 10.0 Å². The summed E-state index contributed by atoms with van der Waals surface area (Å²) in [6.45, 7) is 10.0. The van der Waals surface area contributed by atoms with E-state index in [9.17, 15) is 13.2 Å². The number of nitrogens with zero attached hydrogens (tertiary/aromatic N) is 3. The van der Waals surface area contributed by atoms with E-state index in [1.807, 2.05) is 56.3 Å². The summed E-state index contributed by atoms with van der Waals surface area (Å²) < 4.78 is 29.1. The molecule has 35 heavy (non-hydrogen) atoms. The molecule has 0 aromatic heterocycles. The lowest BCUT2D eigenvalue weighted by Gasteiger charge is -2.32. The van der Waals surface area contributed by atoms with Crippen molar-refractivity contribution in [2.45, 2.75) is 44.8 Å². The number of amides is 1. The molecule has 6 nitrogen and oxygen atoms in total. The Bertz CT molecular complexity index is 1260. The molecular formula is C28H33N3O3S. The highest BCUT2D eigenvalue weighted by Gasteiger charge is 2.47. The van der Waals surface area contributed by atoms with E-state index in [1.165, 1.54) is 4.31 Å². The lowest BCUT2D eigenvalue weighted by molar-refractivity contribution is 0.0640. The van der Waals surface area contributed by atoms with E-state index in [-0.39, 0.29) is 23.4 Å². The average Bonchev–Trinajstić information content (AvgIpc) is 3.23. The van der Waals surface area contributed by atoms with Crippen LogP contribution in [0.4, 0.5) is 5.69 Å². The fourth-order valence-corrected chi connectivity index (χ4v) is 6.37. The number of carbonyl (C=O) groups excluding carboxylic acids is 1. The van der Waals surface area contributed by atoms with Crippen molar-refractivity contribution in [1.29, 1.82) is 0 Å². The van der Waals surface area contributed by atoms with Crippen LogP contribution in [0.15, 0.2) is 83.8 Å². The number of rotatable bonds is 7. The molecule has 0 unspecified atom stereocenters. The molecule has 0 saturated carbocycles. The number of sulfonamides is 1. The van der Waals surface area contributed by atoms with Gasteiger partial charge in [0.15, 0.2) is 0 Å². The monoisotopic (exact) mass is 491 g/mol. The van der Waals surface area contributed by atoms with E-state index in [2.05, 4.69) is 18.7 Å². The maximum Gasteiger partial charge on any atom is 0.255 e. The van der Waals surface area contributed by atoms with E-state index in [0.717, 1.165) is 29.9 Å². The summed E-state index contributed by atoms with van der Waals surface area (Å²) in [5, 5.41) is 0. The molecule has 0 radical (unpaired) electrons. The lowest BCUT2D eigenvalue weighted by Crippen LogP contribution is -2.39. The van der Waals surface area contributed by atoms with Crippen LogP contribution in [0.5, 0.6) is 0 Å². The Hall–Kier alpha value is -3.16. The standard InChI is InChI=1S/C28H33N3O3S/c1-5-29(6-2)25-16-14-23(15-17-25)27-30(35(33,34)26-18-12-21(3)13-19-26)20-22(4)31(27)28(32)24-10-8-7-9-11-24/h7-19,22,27H,5-6,20H2,1-4H3/t22-,27+/m1/s1. The summed E-state index contributed by atoms with van der Waals surface area (Å²) in [7, 11) is -3.84. The molecule has 184 valence electrons. The topological polar surface area (TPSA) is 60.9 Å². The van der Waals surface area contributed by atoms with Crippen LogP contribution in [0.25, 0.3) is 0 Å². The average molecular weight is 492 g/mol. The van der Waals surface area contributed by atoms with Crippen molar-refractivity contribution in [3.8, 4) is 0 Å². The van der Waals surface area contributed by atoms with Crippen molar-refractivity contribution in [1.82, 2.24) is 9.21 Å². The first-order valence-corrected chi connectivity index (χ1v) is 13.5. The van der Waals surface area contributed by atoms with E-state index >= 15 is 0 Å². The number of hydrogen-bond acceptors (Lipinski definition) is 4. The van der Waals surface area contributed by atoms with Gasteiger partial charge in [-0.3, -0.25) is 4.79 Å². The van der Waals surface area contributed by atoms with Gasteiger partial charge in [0.05, 0.1) is 4.90 Å². The van der Waals surface area contributed by atoms with Crippen molar-refractivity contribution in [3.63, 3.8) is 0 Å². The molecule has 4 rings (SSSR count). The van der Waals surface area contributed by atoms with Crippen LogP contribution < -0.4 is 4.90 Å². The molecule has 1 fully saturated rings. The summed E-state index contributed by atoms with van der Waals surface area (Å²) in [5.74, 6) is -0.183. The minimum absolute atomic E-state index is 0.183. The molecule has 0 N–H and O–H groups in total. The van der Waals surface area contributed by atoms with Gasteiger partial charge in [0.25, 0.3) is 5.91 Å². The van der Waals surface area contributed by atoms with Crippen LogP contribution in [0.3, 0.4) is 0 Å². The predicted molar refractivity (Wildman–Crippen MR) is 140 cm³/mol. The number of hydrogen-bond donors (Lipinski definition) is 0. The normalized spacial score (nSPS) is 18.6. The van der Waals surface area contributed by atoms with E-state index in [1.54, 1.807) is 41.3 Å². The minimum Gasteiger partial charge on any atom is -0.372 e. The van der Waals surface area contributed by atoms with Gasteiger partial charge in [-0.2, -0.15) is 4.31 Å². The molecule has 0 bridgehead atoms. The molecule has 1 aliphatic heterocycles. The largest absolute Gasteiger partial charge is 0.372 e. The van der Waals surface area contributed by atoms with Gasteiger partial charge >= 0.3 is 0 Å². The van der Waals surface area contributed by atoms with Gasteiger partial charge in [-0.25, -0.2) is 8.42 Å². The Kier molecular flexibility index (Phi) is 7.28. The highest BCUT2D eigenvalue weighted by molar-refractivity contribution is 7.89. The molecule has 1 saturated heterocycles. The first kappa shape index (κ1) is 24.9. The van der Waals surface area contributed by atoms with Gasteiger partial charge in [-0.15, -0.1) is 0 Å². The number of carbonyl (C=O) groups is 1. The Balaban J connectivity index is 1.80. The second kappa shape index (κ2) is 10.2. The van der Waals surface area contributed by atoms with Gasteiger partial charge in [0, 0.05) is 36.9 Å². The Labute approximate surface area is 208 Å². The van der Waals surface area contributed by atoms with Crippen molar-refractivity contribution >= 4 is 21.6 Å². The molecule has 7 heteroatoms. The van der Waals surface area contributed by atoms with Crippen molar-refractivity contribution in [3.05, 3.63) is 95.6 Å². The number of anilines is 1. The van der Waals surface area contributed by atoms with Crippen molar-refractivity contribution in [2.24, 2.45) is 0 Å². The summed E-state index contributed by atoms with van der Waals surface area (Å²) >= 11 is 0. The molecule has 3 aromatic carbocycles. The summed E-state index contributed by atoms with van der Waals surface area (Å²) in [6, 6.07) is 23.5. The van der Waals surface area contributed by atoms with Crippen LogP contribution >= 0.6 is 0 Å². The summed E-state index contributed by atoms with van der Waals surface area (Å²) in [5.41, 5.74) is 3.37. The second-order valence-corrected chi connectivity index (χ2v) is 10.8. The molecule has 0 spiro atoms. The third-order valence-electron chi connectivity index (χ3n) is 6.66. The first-order chi connectivity index (χ1) is 16.8. The fraction of sp³-hybridized carbons (Fsp3) is 0.321. The molecule has 2 atom stereocenters. The molecule has 1 amide bonds. The smallest absolute Gasteiger partial charge is 0.255 e. The van der Waals surface area contributed by atoms with Gasteiger partial charge in [-0.05, 0) is 69.7 Å². The highest BCUT2D eigenvalue weighted by atomic mass is 32.2. The maximum atomic E-state index is 13.8. The Morgan fingerprint density at radius 2 is 1.51 bits per heavy atom. The maximum absolute atomic E-state index is 13.8. The highest BCUT2D eigenvalue weighted by Crippen LogP contribution is 2.39. The van der Waals surface area contributed by atoms with Gasteiger partial charge in [0.2, 0.25) is 10.0 Å². The van der Waals surface area contributed by atoms with Crippen LogP contribution in [-0.4, -0.2) is 49.2 Å². The molecule has 1 aliphatic rings. The van der Waals surface area contributed by atoms with E-state index in [4.69, 9.17) is 0 Å². The molecule has 3 aromatic rings. The van der Waals surface area contributed by atoms with E-state index < -0.39 is 16.2 Å². The second-order valence-electron chi connectivity index (χ2n) is 8.95. The third kappa shape index (κ3) is 4.83. The predicted octanol–water partition coefficient (Wildman–Crippen LogP) is 5.08. The first-order valence-electron chi connectivity index (χ1n) is 12.1. The SMILES string of the molecule is CCN(CC)c1ccc([C@@H]2N(C(=O)c3ccccc3)[C@H](C)CN2S(=O)(=O)c2ccc(C)cc2)cc1. The minimum atomic E-state index is -3.84. The van der Waals surface area contributed by atoms with Gasteiger partial charge in [0.1, 0.15) is 6.17 Å². The summed E-state index contributed by atoms with van der Waals surface area (Å²) in [4.78, 5) is 17.8. The van der Waals surface area contributed by atoms with Crippen LogP contribution in [0.2, 0.25) is 0 Å². The zero-order valence-electron chi connectivity index (χ0n) is 20.8. The van der Waals surface area contributed by atoms with Crippen LogP contribution in [0.1, 0.15) is 48.4 Å². The van der Waals surface area contributed by atoms with Crippen molar-refractivity contribution < 1.29 is 13.2 Å². The van der Waals surface area contributed by atoms with Gasteiger partial charge in [-0.1, -0.05) is 48.0 Å². The Morgan fingerprint density at radius 1 is 0.914 bits per heavy atom. The third-order valence-corrected chi connectivity index (χ3v) is 8.49. The number of benzene rings is 3. The van der Waals surface area contributed by atoms with Gasteiger partial charge < -0.3 is 9.80 Å². The molecule has 0 aliphatic carbocycles. The molecule has 1 heterocycles. The number of aryl methyl sites for hydroxylation is 1. The molecular weight excluding hydrogens is 458 g/mol. The van der Waals surface area contributed by atoms with Crippen molar-refractivity contribution in [2.75, 3.05) is 24.5 Å². The Morgan fingerprint density at radius 3 is 2.09 bits per heavy atom.